The summed E-state index contributed by atoms with van der Waals surface area (Å²) < 4.78 is 5.18. The van der Waals surface area contributed by atoms with Gasteiger partial charge in [0.15, 0.2) is 5.76 Å². The van der Waals surface area contributed by atoms with Crippen molar-refractivity contribution in [2.75, 3.05) is 11.0 Å². The Morgan fingerprint density at radius 3 is 2.53 bits per heavy atom. The molecule has 2 aromatic rings. The minimum absolute atomic E-state index is 0.00691. The molecule has 1 heterocycles. The molecule has 0 amide bonds. The highest BCUT2D eigenvalue weighted by Crippen LogP contribution is 2.33. The van der Waals surface area contributed by atoms with E-state index in [4.69, 9.17) is 25.9 Å². The van der Waals surface area contributed by atoms with Gasteiger partial charge in [0.05, 0.1) is 5.69 Å². The fourth-order valence-electron chi connectivity index (χ4n) is 1.64. The van der Waals surface area contributed by atoms with E-state index in [0.717, 1.165) is 0 Å². The summed E-state index contributed by atoms with van der Waals surface area (Å²) >= 11 is 0. The van der Waals surface area contributed by atoms with Crippen molar-refractivity contribution in [1.82, 2.24) is 0 Å². The summed E-state index contributed by atoms with van der Waals surface area (Å²) in [6.07, 6.45) is 0. The Morgan fingerprint density at radius 1 is 1.26 bits per heavy atom. The van der Waals surface area contributed by atoms with Crippen LogP contribution < -0.4 is 11.0 Å². The maximum atomic E-state index is 10.8. The molecule has 7 heteroatoms. The zero-order valence-electron chi connectivity index (χ0n) is 9.49. The van der Waals surface area contributed by atoms with E-state index in [1.54, 1.807) is 12.1 Å². The molecule has 0 radical (unpaired) electrons. The summed E-state index contributed by atoms with van der Waals surface area (Å²) in [5.41, 5.74) is 5.77. The lowest BCUT2D eigenvalue weighted by Gasteiger charge is -2.21. The average molecular weight is 255 g/mol. The van der Waals surface area contributed by atoms with Gasteiger partial charge >= 0.3 is 0 Å². The molecule has 0 aliphatic heterocycles. The van der Waals surface area contributed by atoms with Crippen LogP contribution in [0.3, 0.4) is 0 Å². The van der Waals surface area contributed by atoms with Crippen LogP contribution >= 0.6 is 0 Å². The number of furan rings is 1. The van der Waals surface area contributed by atoms with Gasteiger partial charge in [0.25, 0.3) is 0 Å². The van der Waals surface area contributed by atoms with E-state index in [2.05, 4.69) is 0 Å². The highest BCUT2D eigenvalue weighted by molar-refractivity contribution is 5.75. The maximum absolute atomic E-state index is 10.8. The lowest BCUT2D eigenvalue weighted by atomic mass is 10.1. The number of nitrogens with zero attached hydrogens (tertiary/aromatic N) is 3. The van der Waals surface area contributed by atoms with Gasteiger partial charge in [-0.15, -0.1) is 0 Å². The summed E-state index contributed by atoms with van der Waals surface area (Å²) in [6, 6.07) is 9.36. The molecule has 0 saturated carbocycles. The first-order chi connectivity index (χ1) is 9.08. The minimum atomic E-state index is -0.312. The highest BCUT2D eigenvalue weighted by atomic mass is 16.8. The van der Waals surface area contributed by atoms with E-state index < -0.39 is 0 Å². The van der Waals surface area contributed by atoms with Crippen molar-refractivity contribution in [3.05, 3.63) is 40.6 Å². The highest BCUT2D eigenvalue weighted by Gasteiger charge is 2.19. The van der Waals surface area contributed by atoms with Crippen molar-refractivity contribution in [1.29, 1.82) is 10.5 Å². The molecule has 0 bridgehead atoms. The SMILES string of the molecule is N#Cc1c(N)oc(-c2cccc(N([O-])O)c2)c1C#N. The summed E-state index contributed by atoms with van der Waals surface area (Å²) in [7, 11) is 0. The minimum Gasteiger partial charge on any atom is -0.733 e. The summed E-state index contributed by atoms with van der Waals surface area (Å²) in [5.74, 6) is -0.0809. The van der Waals surface area contributed by atoms with Gasteiger partial charge in [-0.2, -0.15) is 10.5 Å². The van der Waals surface area contributed by atoms with Crippen molar-refractivity contribution >= 4 is 11.6 Å². The fourth-order valence-corrected chi connectivity index (χ4v) is 1.64. The third-order valence-corrected chi connectivity index (χ3v) is 2.49. The predicted molar refractivity (Wildman–Crippen MR) is 65.6 cm³/mol. The Labute approximate surface area is 107 Å². The van der Waals surface area contributed by atoms with Crippen LogP contribution in [0.5, 0.6) is 0 Å². The van der Waals surface area contributed by atoms with Crippen LogP contribution in [0, 0.1) is 27.9 Å². The van der Waals surface area contributed by atoms with E-state index in [1.807, 2.05) is 6.07 Å². The molecule has 7 nitrogen and oxygen atoms in total. The molecule has 0 spiro atoms. The van der Waals surface area contributed by atoms with Crippen LogP contribution in [0.2, 0.25) is 0 Å². The third-order valence-electron chi connectivity index (χ3n) is 2.49. The number of hydrogen-bond donors (Lipinski definition) is 2. The second-order valence-electron chi connectivity index (χ2n) is 3.59. The average Bonchev–Trinajstić information content (AvgIpc) is 2.74. The van der Waals surface area contributed by atoms with Gasteiger partial charge in [0.2, 0.25) is 5.88 Å². The molecule has 0 aliphatic rings. The molecular weight excluding hydrogens is 248 g/mol. The number of nitrogen functional groups attached to an aromatic ring is 1. The zero-order chi connectivity index (χ0) is 14.0. The number of nitriles is 2. The first kappa shape index (κ1) is 12.5. The van der Waals surface area contributed by atoms with Gasteiger partial charge in [-0.1, -0.05) is 12.1 Å². The molecule has 19 heavy (non-hydrogen) atoms. The molecule has 0 atom stereocenters. The van der Waals surface area contributed by atoms with E-state index in [9.17, 15) is 5.21 Å². The smallest absolute Gasteiger partial charge is 0.210 e. The normalized spacial score (nSPS) is 9.68. The lowest BCUT2D eigenvalue weighted by Crippen LogP contribution is -2.06. The van der Waals surface area contributed by atoms with Gasteiger partial charge in [-0.05, 0) is 12.1 Å². The quantitative estimate of drug-likeness (QED) is 0.783. The third kappa shape index (κ3) is 2.07. The summed E-state index contributed by atoms with van der Waals surface area (Å²) in [6.45, 7) is 0. The number of anilines is 2. The van der Waals surface area contributed by atoms with Crippen molar-refractivity contribution in [2.45, 2.75) is 0 Å². The van der Waals surface area contributed by atoms with Crippen LogP contribution in [0.4, 0.5) is 11.6 Å². The van der Waals surface area contributed by atoms with Gasteiger partial charge < -0.3 is 20.6 Å². The largest absolute Gasteiger partial charge is 0.733 e. The van der Waals surface area contributed by atoms with Crippen molar-refractivity contribution < 1.29 is 9.62 Å². The summed E-state index contributed by atoms with van der Waals surface area (Å²) in [4.78, 5) is 0. The molecule has 0 saturated heterocycles. The Morgan fingerprint density at radius 2 is 1.95 bits per heavy atom. The first-order valence-electron chi connectivity index (χ1n) is 5.07. The molecule has 3 N–H and O–H groups in total. The maximum Gasteiger partial charge on any atom is 0.210 e. The number of hydrogen-bond acceptors (Lipinski definition) is 7. The predicted octanol–water partition coefficient (Wildman–Crippen LogP) is 1.97. The second-order valence-corrected chi connectivity index (χ2v) is 3.59. The van der Waals surface area contributed by atoms with Gasteiger partial charge in [-0.25, -0.2) is 0 Å². The number of benzene rings is 1. The lowest BCUT2D eigenvalue weighted by molar-refractivity contribution is 0.296. The fraction of sp³-hybridized carbons (Fsp3) is 0. The van der Waals surface area contributed by atoms with Gasteiger partial charge in [0.1, 0.15) is 23.3 Å². The Bertz CT molecular complexity index is 707. The van der Waals surface area contributed by atoms with Crippen molar-refractivity contribution in [3.63, 3.8) is 0 Å². The van der Waals surface area contributed by atoms with Crippen molar-refractivity contribution in [2.24, 2.45) is 0 Å². The van der Waals surface area contributed by atoms with Crippen molar-refractivity contribution in [3.8, 4) is 23.5 Å². The van der Waals surface area contributed by atoms with E-state index >= 15 is 0 Å². The van der Waals surface area contributed by atoms with Crippen LogP contribution in [0.15, 0.2) is 28.7 Å². The molecule has 0 aliphatic carbocycles. The van der Waals surface area contributed by atoms with Crippen LogP contribution in [-0.4, -0.2) is 5.21 Å². The molecule has 0 fully saturated rings. The van der Waals surface area contributed by atoms with E-state index in [0.29, 0.717) is 5.56 Å². The Kier molecular flexibility index (Phi) is 3.08. The Balaban J connectivity index is 2.64. The molecule has 0 unspecified atom stereocenters. The van der Waals surface area contributed by atoms with Crippen LogP contribution in [-0.2, 0) is 0 Å². The molecule has 2 rings (SSSR count). The monoisotopic (exact) mass is 255 g/mol. The van der Waals surface area contributed by atoms with Crippen LogP contribution in [0.25, 0.3) is 11.3 Å². The van der Waals surface area contributed by atoms with Gasteiger partial charge in [0, 0.05) is 5.56 Å². The standard InChI is InChI=1S/C12H7N4O3/c13-5-9-10(6-14)12(15)19-11(9)7-2-1-3-8(4-7)16(17)18/h1-4,17H,15H2/q-1. The molecule has 1 aromatic carbocycles. The summed E-state index contributed by atoms with van der Waals surface area (Å²) in [5, 5.41) is 37.3. The van der Waals surface area contributed by atoms with E-state index in [1.165, 1.54) is 18.2 Å². The molecule has 1 aromatic heterocycles. The first-order valence-corrected chi connectivity index (χ1v) is 5.07. The molecular formula is C12H7N4O3-. The Hall–Kier alpha value is -3.00. The zero-order valence-corrected chi connectivity index (χ0v) is 9.49. The van der Waals surface area contributed by atoms with Crippen LogP contribution in [0.1, 0.15) is 11.1 Å². The topological polar surface area (TPSA) is 133 Å². The van der Waals surface area contributed by atoms with Gasteiger partial charge in [-0.3, -0.25) is 5.21 Å². The number of nitrogens with two attached hydrogens (primary N) is 1. The van der Waals surface area contributed by atoms with E-state index in [-0.39, 0.29) is 33.7 Å². The second kappa shape index (κ2) is 4.70. The number of rotatable bonds is 2. The molecule has 94 valence electrons.